The number of β-amino-alcohol motifs (C(OH)–C–C–N with tert-alkyl or cyclic N) is 1. The summed E-state index contributed by atoms with van der Waals surface area (Å²) in [5, 5.41) is 19.4. The number of nitrogens with zero attached hydrogens (tertiary/aromatic N) is 4. The fourth-order valence-electron chi connectivity index (χ4n) is 2.34. The van der Waals surface area contributed by atoms with Crippen molar-refractivity contribution in [2.24, 2.45) is 0 Å². The van der Waals surface area contributed by atoms with Crippen LogP contribution in [0.3, 0.4) is 0 Å². The number of rotatable bonds is 6. The third-order valence-electron chi connectivity index (χ3n) is 3.50. The number of carbonyl (C=O) groups excluding carboxylic acids is 2. The molecule has 0 saturated heterocycles. The van der Waals surface area contributed by atoms with E-state index in [2.05, 4.69) is 15.5 Å². The number of hydrogen-bond donors (Lipinski definition) is 2. The summed E-state index contributed by atoms with van der Waals surface area (Å²) in [5.41, 5.74) is 1.39. The van der Waals surface area contributed by atoms with Crippen LogP contribution < -0.4 is 10.1 Å². The lowest BCUT2D eigenvalue weighted by molar-refractivity contribution is -0.137. The minimum atomic E-state index is -0.495. The zero-order valence-electron chi connectivity index (χ0n) is 12.8. The largest absolute Gasteiger partial charge is 0.495 e. The van der Waals surface area contributed by atoms with Crippen LogP contribution in [0.4, 0.5) is 5.69 Å². The fraction of sp³-hybridized carbons (Fsp3) is 0.200. The second-order valence-electron chi connectivity index (χ2n) is 4.96. The van der Waals surface area contributed by atoms with E-state index in [1.54, 1.807) is 22.8 Å². The molecule has 0 unspecified atom stereocenters. The fourth-order valence-corrected chi connectivity index (χ4v) is 2.34. The lowest BCUT2D eigenvalue weighted by Gasteiger charge is -2.15. The van der Waals surface area contributed by atoms with Gasteiger partial charge in [-0.1, -0.05) is 0 Å². The quantitative estimate of drug-likeness (QED) is 0.714. The summed E-state index contributed by atoms with van der Waals surface area (Å²) in [4.78, 5) is 25.0. The lowest BCUT2D eigenvalue weighted by atomic mass is 10.2. The van der Waals surface area contributed by atoms with Crippen LogP contribution >= 0.6 is 0 Å². The summed E-state index contributed by atoms with van der Waals surface area (Å²) in [6.07, 6.45) is 4.28. The van der Waals surface area contributed by atoms with E-state index in [0.29, 0.717) is 11.4 Å². The molecule has 1 aliphatic rings. The third kappa shape index (κ3) is 2.84. The second-order valence-corrected chi connectivity index (χ2v) is 4.96. The number of nitrogens with one attached hydrogen (secondary N) is 1. The van der Waals surface area contributed by atoms with Gasteiger partial charge in [0.25, 0.3) is 11.8 Å². The molecule has 2 amide bonds. The molecule has 24 heavy (non-hydrogen) atoms. The lowest BCUT2D eigenvalue weighted by Crippen LogP contribution is -2.34. The molecule has 0 saturated carbocycles. The van der Waals surface area contributed by atoms with Gasteiger partial charge in [0.1, 0.15) is 24.1 Å². The van der Waals surface area contributed by atoms with Crippen molar-refractivity contribution >= 4 is 17.5 Å². The molecule has 0 bridgehead atoms. The van der Waals surface area contributed by atoms with Crippen molar-refractivity contribution in [3.05, 3.63) is 42.6 Å². The molecule has 2 heterocycles. The van der Waals surface area contributed by atoms with Crippen molar-refractivity contribution in [3.8, 4) is 11.4 Å². The van der Waals surface area contributed by atoms with Crippen molar-refractivity contribution in [3.63, 3.8) is 0 Å². The predicted octanol–water partition coefficient (Wildman–Crippen LogP) is -0.0672. The molecule has 2 aromatic rings. The van der Waals surface area contributed by atoms with Gasteiger partial charge in [-0.15, -0.1) is 10.2 Å². The maximum absolute atomic E-state index is 12.2. The van der Waals surface area contributed by atoms with Crippen LogP contribution in [-0.4, -0.2) is 56.8 Å². The minimum Gasteiger partial charge on any atom is -0.495 e. The highest BCUT2D eigenvalue weighted by Gasteiger charge is 2.31. The molecule has 124 valence electrons. The van der Waals surface area contributed by atoms with Crippen LogP contribution in [-0.2, 0) is 9.59 Å². The Balaban J connectivity index is 1.89. The molecule has 0 fully saturated rings. The second kappa shape index (κ2) is 6.50. The first-order chi connectivity index (χ1) is 11.6. The van der Waals surface area contributed by atoms with Crippen molar-refractivity contribution in [2.45, 2.75) is 0 Å². The summed E-state index contributed by atoms with van der Waals surface area (Å²) in [7, 11) is 1.51. The summed E-state index contributed by atoms with van der Waals surface area (Å²) in [5.74, 6) is -0.454. The number of aliphatic hydroxyl groups is 1. The highest BCUT2D eigenvalue weighted by molar-refractivity contribution is 6.17. The first-order valence-corrected chi connectivity index (χ1v) is 7.12. The Morgan fingerprint density at radius 1 is 1.25 bits per heavy atom. The van der Waals surface area contributed by atoms with Gasteiger partial charge in [-0.05, 0) is 18.2 Å². The molecule has 9 nitrogen and oxygen atoms in total. The van der Waals surface area contributed by atoms with Crippen LogP contribution in [0.25, 0.3) is 5.69 Å². The Kier molecular flexibility index (Phi) is 4.25. The Labute approximate surface area is 137 Å². The molecule has 3 rings (SSSR count). The van der Waals surface area contributed by atoms with E-state index in [-0.39, 0.29) is 18.8 Å². The number of carbonyl (C=O) groups is 2. The Bertz CT molecular complexity index is 800. The molecule has 1 aromatic carbocycles. The van der Waals surface area contributed by atoms with Gasteiger partial charge < -0.3 is 15.2 Å². The normalized spacial score (nSPS) is 14.1. The van der Waals surface area contributed by atoms with Crippen molar-refractivity contribution in [1.29, 1.82) is 0 Å². The van der Waals surface area contributed by atoms with Crippen LogP contribution in [0, 0.1) is 0 Å². The van der Waals surface area contributed by atoms with Gasteiger partial charge >= 0.3 is 0 Å². The monoisotopic (exact) mass is 329 g/mol. The Hall–Kier alpha value is -3.20. The molecule has 0 spiro atoms. The molecular formula is C15H15N5O4. The maximum Gasteiger partial charge on any atom is 0.277 e. The predicted molar refractivity (Wildman–Crippen MR) is 83.4 cm³/mol. The standard InChI is InChI=1S/C15H15N5O4/c1-24-13-3-2-10(19-8-16-17-9-19)6-11(13)18-12-7-14(22)20(4-5-21)15(12)23/h2-3,6-9,18,21H,4-5H2,1H3. The van der Waals surface area contributed by atoms with Gasteiger partial charge in [0.15, 0.2) is 0 Å². The third-order valence-corrected chi connectivity index (χ3v) is 3.50. The number of amides is 2. The first-order valence-electron chi connectivity index (χ1n) is 7.12. The summed E-state index contributed by atoms with van der Waals surface area (Å²) < 4.78 is 6.98. The zero-order valence-corrected chi connectivity index (χ0v) is 12.8. The SMILES string of the molecule is COc1ccc(-n2cnnc2)cc1NC1=CC(=O)N(CCO)C1=O. The summed E-state index contributed by atoms with van der Waals surface area (Å²) >= 11 is 0. The van der Waals surface area contributed by atoms with Crippen LogP contribution in [0.1, 0.15) is 0 Å². The smallest absolute Gasteiger partial charge is 0.277 e. The number of aliphatic hydroxyl groups excluding tert-OH is 1. The average molecular weight is 329 g/mol. The molecule has 0 aliphatic carbocycles. The van der Waals surface area contributed by atoms with Crippen LogP contribution in [0.5, 0.6) is 5.75 Å². The van der Waals surface area contributed by atoms with E-state index in [1.807, 2.05) is 0 Å². The Morgan fingerprint density at radius 3 is 2.67 bits per heavy atom. The van der Waals surface area contributed by atoms with E-state index in [0.717, 1.165) is 10.6 Å². The number of methoxy groups -OCH3 is 1. The van der Waals surface area contributed by atoms with E-state index >= 15 is 0 Å². The highest BCUT2D eigenvalue weighted by atomic mass is 16.5. The van der Waals surface area contributed by atoms with Crippen molar-refractivity contribution in [2.75, 3.05) is 25.6 Å². The number of anilines is 1. The van der Waals surface area contributed by atoms with E-state index in [1.165, 1.54) is 25.8 Å². The highest BCUT2D eigenvalue weighted by Crippen LogP contribution is 2.29. The maximum atomic E-state index is 12.2. The number of benzene rings is 1. The van der Waals surface area contributed by atoms with Gasteiger partial charge in [0.05, 0.1) is 31.6 Å². The summed E-state index contributed by atoms with van der Waals surface area (Å²) in [6, 6.07) is 5.28. The first kappa shape index (κ1) is 15.7. The topological polar surface area (TPSA) is 110 Å². The molecule has 2 N–H and O–H groups in total. The average Bonchev–Trinajstić information content (AvgIpc) is 3.20. The molecular weight excluding hydrogens is 314 g/mol. The molecule has 9 heteroatoms. The summed E-state index contributed by atoms with van der Waals surface area (Å²) in [6.45, 7) is -0.331. The number of aromatic nitrogens is 3. The van der Waals surface area contributed by atoms with E-state index in [9.17, 15) is 9.59 Å². The number of ether oxygens (including phenoxy) is 1. The molecule has 0 radical (unpaired) electrons. The zero-order chi connectivity index (χ0) is 17.1. The van der Waals surface area contributed by atoms with Crippen molar-refractivity contribution in [1.82, 2.24) is 19.7 Å². The molecule has 1 aliphatic heterocycles. The molecule has 1 aromatic heterocycles. The minimum absolute atomic E-state index is 0.0444. The van der Waals surface area contributed by atoms with Gasteiger partial charge in [-0.3, -0.25) is 19.1 Å². The van der Waals surface area contributed by atoms with Crippen molar-refractivity contribution < 1.29 is 19.4 Å². The number of hydrogen-bond acceptors (Lipinski definition) is 7. The van der Waals surface area contributed by atoms with E-state index in [4.69, 9.17) is 9.84 Å². The van der Waals surface area contributed by atoms with E-state index < -0.39 is 11.8 Å². The van der Waals surface area contributed by atoms with Gasteiger partial charge in [-0.2, -0.15) is 0 Å². The van der Waals surface area contributed by atoms with Gasteiger partial charge in [0, 0.05) is 6.08 Å². The van der Waals surface area contributed by atoms with Gasteiger partial charge in [0.2, 0.25) is 0 Å². The molecule has 0 atom stereocenters. The number of imide groups is 1. The Morgan fingerprint density at radius 2 is 2.00 bits per heavy atom. The van der Waals surface area contributed by atoms with Gasteiger partial charge in [-0.25, -0.2) is 0 Å². The van der Waals surface area contributed by atoms with Crippen LogP contribution in [0.2, 0.25) is 0 Å². The van der Waals surface area contributed by atoms with Crippen LogP contribution in [0.15, 0.2) is 42.6 Å².